The molecule has 0 saturated carbocycles. The molecule has 1 spiro atoms. The van der Waals surface area contributed by atoms with Crippen LogP contribution in [0.25, 0.3) is 0 Å². The van der Waals surface area contributed by atoms with E-state index in [1.54, 1.807) is 30.0 Å². The Morgan fingerprint density at radius 2 is 1.93 bits per heavy atom. The molecule has 0 bridgehead atoms. The molecule has 2 aromatic rings. The van der Waals surface area contributed by atoms with Gasteiger partial charge in [-0.1, -0.05) is 30.3 Å². The number of carboxylic acids is 1. The molecule has 158 valence electrons. The molecule has 2 aliphatic rings. The zero-order chi connectivity index (χ0) is 21.3. The fourth-order valence-electron chi connectivity index (χ4n) is 4.77. The molecule has 6 heteroatoms. The summed E-state index contributed by atoms with van der Waals surface area (Å²) in [6, 6.07) is 12.4. The molecule has 0 radical (unpaired) electrons. The van der Waals surface area contributed by atoms with Gasteiger partial charge >= 0.3 is 5.97 Å². The number of halogens is 1. The Labute approximate surface area is 175 Å². The fourth-order valence-corrected chi connectivity index (χ4v) is 4.77. The summed E-state index contributed by atoms with van der Waals surface area (Å²) in [5.41, 5.74) is 2.32. The molecule has 0 aromatic heterocycles. The second kappa shape index (κ2) is 8.19. The monoisotopic (exact) mass is 411 g/mol. The van der Waals surface area contributed by atoms with Crippen molar-refractivity contribution in [3.63, 3.8) is 0 Å². The van der Waals surface area contributed by atoms with Gasteiger partial charge in [0.15, 0.2) is 0 Å². The van der Waals surface area contributed by atoms with Crippen molar-refractivity contribution >= 4 is 11.9 Å². The first-order valence-electron chi connectivity index (χ1n) is 10.3. The highest BCUT2D eigenvalue weighted by Gasteiger charge is 2.52. The third-order valence-corrected chi connectivity index (χ3v) is 6.60. The normalized spacial score (nSPS) is 20.5. The number of rotatable bonds is 4. The maximum atomic E-state index is 14.0. The van der Waals surface area contributed by atoms with Gasteiger partial charge < -0.3 is 14.7 Å². The molecule has 1 N–H and O–H groups in total. The Bertz CT molecular complexity index is 967. The molecule has 2 saturated heterocycles. The van der Waals surface area contributed by atoms with Crippen LogP contribution in [0.3, 0.4) is 0 Å². The molecular weight excluding hydrogens is 385 g/mol. The number of ether oxygens (including phenoxy) is 1. The minimum atomic E-state index is -0.851. The number of hydrogen-bond acceptors (Lipinski definition) is 3. The van der Waals surface area contributed by atoms with Crippen LogP contribution in [0.2, 0.25) is 0 Å². The molecule has 1 atom stereocenters. The van der Waals surface area contributed by atoms with E-state index in [0.29, 0.717) is 50.1 Å². The zero-order valence-corrected chi connectivity index (χ0v) is 17.1. The second-order valence-corrected chi connectivity index (χ2v) is 8.47. The highest BCUT2D eigenvalue weighted by molar-refractivity contribution is 5.96. The average molecular weight is 411 g/mol. The number of aryl methyl sites for hydroxylation is 1. The van der Waals surface area contributed by atoms with Crippen molar-refractivity contribution in [2.45, 2.75) is 26.2 Å². The Morgan fingerprint density at radius 3 is 2.63 bits per heavy atom. The van der Waals surface area contributed by atoms with Gasteiger partial charge in [-0.05, 0) is 55.0 Å². The number of carbonyl (C=O) groups is 2. The fraction of sp³-hybridized carbons (Fsp3) is 0.417. The lowest BCUT2D eigenvalue weighted by atomic mass is 9.72. The molecule has 0 aliphatic carbocycles. The lowest BCUT2D eigenvalue weighted by Crippen LogP contribution is -2.40. The maximum Gasteiger partial charge on any atom is 0.308 e. The summed E-state index contributed by atoms with van der Waals surface area (Å²) in [7, 11) is 0. The van der Waals surface area contributed by atoms with Crippen LogP contribution in [0.5, 0.6) is 0 Å². The maximum absolute atomic E-state index is 14.0. The van der Waals surface area contributed by atoms with Crippen LogP contribution in [0, 0.1) is 24.1 Å². The topological polar surface area (TPSA) is 66.8 Å². The first-order chi connectivity index (χ1) is 14.4. The Balaban J connectivity index is 1.59. The van der Waals surface area contributed by atoms with E-state index in [1.165, 1.54) is 6.07 Å². The number of nitrogens with zero attached hydrogens (tertiary/aromatic N) is 1. The second-order valence-electron chi connectivity index (χ2n) is 8.47. The summed E-state index contributed by atoms with van der Waals surface area (Å²) in [5.74, 6) is -1.85. The van der Waals surface area contributed by atoms with E-state index in [-0.39, 0.29) is 18.3 Å². The van der Waals surface area contributed by atoms with Crippen molar-refractivity contribution in [2.75, 3.05) is 26.3 Å². The van der Waals surface area contributed by atoms with Gasteiger partial charge in [0.25, 0.3) is 5.91 Å². The van der Waals surface area contributed by atoms with Crippen molar-refractivity contribution in [2.24, 2.45) is 11.3 Å². The summed E-state index contributed by atoms with van der Waals surface area (Å²) < 4.78 is 19.4. The molecule has 5 nitrogen and oxygen atoms in total. The molecular formula is C24H26FNO4. The quantitative estimate of drug-likeness (QED) is 0.834. The number of carbonyl (C=O) groups excluding carboxylic acids is 1. The Hall–Kier alpha value is -2.73. The van der Waals surface area contributed by atoms with Gasteiger partial charge in [-0.15, -0.1) is 0 Å². The van der Waals surface area contributed by atoms with Crippen LogP contribution < -0.4 is 0 Å². The largest absolute Gasteiger partial charge is 0.481 e. The van der Waals surface area contributed by atoms with Crippen molar-refractivity contribution in [3.8, 4) is 0 Å². The number of hydrogen-bond donors (Lipinski definition) is 1. The van der Waals surface area contributed by atoms with E-state index in [4.69, 9.17) is 4.74 Å². The standard InChI is InChI=1S/C24H26FNO4/c1-16-6-7-17(13-21(16)25)12-18-4-2-3-5-19(18)22(27)26-14-20(23(28)29)24(15-26)8-10-30-11-9-24/h2-7,13,20H,8-12,14-15H2,1H3,(H,28,29). The van der Waals surface area contributed by atoms with Gasteiger partial charge in [0.2, 0.25) is 0 Å². The molecule has 4 rings (SSSR count). The molecule has 1 amide bonds. The van der Waals surface area contributed by atoms with Crippen LogP contribution in [0.1, 0.15) is 39.9 Å². The van der Waals surface area contributed by atoms with E-state index in [9.17, 15) is 19.1 Å². The summed E-state index contributed by atoms with van der Waals surface area (Å²) in [5, 5.41) is 9.78. The first kappa shape index (κ1) is 20.5. The SMILES string of the molecule is Cc1ccc(Cc2ccccc2C(=O)N2CC(C(=O)O)C3(CCOCC3)C2)cc1F. The van der Waals surface area contributed by atoms with E-state index in [0.717, 1.165) is 11.1 Å². The van der Waals surface area contributed by atoms with E-state index < -0.39 is 17.3 Å². The molecule has 2 fully saturated rings. The third kappa shape index (κ3) is 3.84. The number of likely N-dealkylation sites (tertiary alicyclic amines) is 1. The van der Waals surface area contributed by atoms with Gasteiger partial charge in [0, 0.05) is 37.3 Å². The van der Waals surface area contributed by atoms with Crippen LogP contribution in [-0.4, -0.2) is 48.2 Å². The molecule has 1 unspecified atom stereocenters. The van der Waals surface area contributed by atoms with E-state index in [2.05, 4.69) is 0 Å². The first-order valence-corrected chi connectivity index (χ1v) is 10.3. The Kier molecular flexibility index (Phi) is 5.60. The van der Waals surface area contributed by atoms with Crippen LogP contribution >= 0.6 is 0 Å². The van der Waals surface area contributed by atoms with Gasteiger partial charge in [-0.3, -0.25) is 9.59 Å². The van der Waals surface area contributed by atoms with Crippen LogP contribution in [-0.2, 0) is 16.0 Å². The van der Waals surface area contributed by atoms with Gasteiger partial charge in [0.05, 0.1) is 5.92 Å². The predicted molar refractivity (Wildman–Crippen MR) is 110 cm³/mol. The molecule has 2 heterocycles. The smallest absolute Gasteiger partial charge is 0.308 e. The third-order valence-electron chi connectivity index (χ3n) is 6.60. The predicted octanol–water partition coefficient (Wildman–Crippen LogP) is 3.68. The highest BCUT2D eigenvalue weighted by Crippen LogP contribution is 2.44. The van der Waals surface area contributed by atoms with Crippen LogP contribution in [0.4, 0.5) is 4.39 Å². The summed E-state index contributed by atoms with van der Waals surface area (Å²) in [4.78, 5) is 27.0. The van der Waals surface area contributed by atoms with Crippen molar-refractivity contribution in [1.29, 1.82) is 0 Å². The number of aliphatic carboxylic acids is 1. The summed E-state index contributed by atoms with van der Waals surface area (Å²) in [6.07, 6.45) is 1.74. The average Bonchev–Trinajstić information content (AvgIpc) is 3.10. The van der Waals surface area contributed by atoms with Crippen molar-refractivity contribution < 1.29 is 23.8 Å². The minimum Gasteiger partial charge on any atom is -0.481 e. The summed E-state index contributed by atoms with van der Waals surface area (Å²) >= 11 is 0. The van der Waals surface area contributed by atoms with Crippen molar-refractivity contribution in [1.82, 2.24) is 4.90 Å². The number of carboxylic acid groups (broad SMARTS) is 1. The molecule has 30 heavy (non-hydrogen) atoms. The van der Waals surface area contributed by atoms with Crippen molar-refractivity contribution in [3.05, 3.63) is 70.5 Å². The van der Waals surface area contributed by atoms with E-state index >= 15 is 0 Å². The minimum absolute atomic E-state index is 0.159. The van der Waals surface area contributed by atoms with Gasteiger partial charge in [-0.2, -0.15) is 0 Å². The Morgan fingerprint density at radius 1 is 1.20 bits per heavy atom. The lowest BCUT2D eigenvalue weighted by Gasteiger charge is -2.36. The van der Waals surface area contributed by atoms with E-state index in [1.807, 2.05) is 18.2 Å². The highest BCUT2D eigenvalue weighted by atomic mass is 19.1. The number of benzene rings is 2. The molecule has 2 aromatic carbocycles. The van der Waals surface area contributed by atoms with Gasteiger partial charge in [0.1, 0.15) is 5.82 Å². The molecule has 2 aliphatic heterocycles. The van der Waals surface area contributed by atoms with Crippen LogP contribution in [0.15, 0.2) is 42.5 Å². The van der Waals surface area contributed by atoms with Gasteiger partial charge in [-0.25, -0.2) is 4.39 Å². The zero-order valence-electron chi connectivity index (χ0n) is 17.1. The summed E-state index contributed by atoms with van der Waals surface area (Å²) in [6.45, 7) is 3.42. The lowest BCUT2D eigenvalue weighted by molar-refractivity contribution is -0.146. The number of amides is 1.